The number of benzene rings is 2. The third kappa shape index (κ3) is 3.76. The summed E-state index contributed by atoms with van der Waals surface area (Å²) >= 11 is 0. The van der Waals surface area contributed by atoms with Crippen molar-refractivity contribution < 1.29 is 5.11 Å². The van der Waals surface area contributed by atoms with E-state index in [1.165, 1.54) is 17.5 Å². The molecule has 1 heterocycles. The first kappa shape index (κ1) is 15.3. The van der Waals surface area contributed by atoms with E-state index >= 15 is 0 Å². The number of aliphatic hydroxyl groups excluding tert-OH is 1. The fourth-order valence-corrected chi connectivity index (χ4v) is 3.50. The summed E-state index contributed by atoms with van der Waals surface area (Å²) in [6.45, 7) is 3.52. The molecule has 0 radical (unpaired) electrons. The van der Waals surface area contributed by atoms with E-state index in [4.69, 9.17) is 0 Å². The second-order valence-electron chi connectivity index (χ2n) is 6.32. The predicted molar refractivity (Wildman–Crippen MR) is 91.0 cm³/mol. The molecule has 3 rings (SSSR count). The molecule has 2 heteroatoms. The normalized spacial score (nSPS) is 19.5. The summed E-state index contributed by atoms with van der Waals surface area (Å²) in [4.78, 5) is 2.52. The lowest BCUT2D eigenvalue weighted by Gasteiger charge is -2.34. The highest BCUT2D eigenvalue weighted by Gasteiger charge is 2.23. The summed E-state index contributed by atoms with van der Waals surface area (Å²) < 4.78 is 0. The van der Waals surface area contributed by atoms with Gasteiger partial charge in [0.15, 0.2) is 0 Å². The summed E-state index contributed by atoms with van der Waals surface area (Å²) in [5.74, 6) is 0.848. The van der Waals surface area contributed by atoms with E-state index in [-0.39, 0.29) is 0 Å². The van der Waals surface area contributed by atoms with Gasteiger partial charge in [-0.25, -0.2) is 0 Å². The van der Waals surface area contributed by atoms with Crippen molar-refractivity contribution in [2.24, 2.45) is 5.92 Å². The number of aliphatic hydroxyl groups is 1. The number of piperidine rings is 1. The third-order valence-corrected chi connectivity index (χ3v) is 4.71. The number of rotatable bonds is 5. The molecule has 1 fully saturated rings. The zero-order chi connectivity index (χ0) is 15.2. The fraction of sp³-hybridized carbons (Fsp3) is 0.400. The van der Waals surface area contributed by atoms with Crippen molar-refractivity contribution in [3.63, 3.8) is 0 Å². The van der Waals surface area contributed by atoms with Gasteiger partial charge in [0.25, 0.3) is 0 Å². The van der Waals surface area contributed by atoms with Crippen LogP contribution in [0.1, 0.15) is 29.9 Å². The summed E-state index contributed by atoms with van der Waals surface area (Å²) in [5.41, 5.74) is 2.75. The first-order chi connectivity index (χ1) is 10.9. The Kier molecular flexibility index (Phi) is 5.25. The number of hydrogen-bond acceptors (Lipinski definition) is 2. The van der Waals surface area contributed by atoms with E-state index in [9.17, 15) is 5.11 Å². The molecule has 1 N–H and O–H groups in total. The molecule has 1 atom stereocenters. The lowest BCUT2D eigenvalue weighted by atomic mass is 9.89. The van der Waals surface area contributed by atoms with Crippen molar-refractivity contribution in [3.8, 4) is 0 Å². The quantitative estimate of drug-likeness (QED) is 0.912. The molecule has 1 aliphatic heterocycles. The van der Waals surface area contributed by atoms with Gasteiger partial charge in [-0.05, 0) is 36.4 Å². The molecule has 1 aliphatic rings. The van der Waals surface area contributed by atoms with Crippen LogP contribution in [-0.2, 0) is 0 Å². The Morgan fingerprint density at radius 2 is 1.55 bits per heavy atom. The molecule has 116 valence electrons. The Morgan fingerprint density at radius 3 is 2.09 bits per heavy atom. The Balaban J connectivity index is 1.80. The van der Waals surface area contributed by atoms with Gasteiger partial charge in [-0.3, -0.25) is 0 Å². The van der Waals surface area contributed by atoms with E-state index in [1.807, 2.05) is 0 Å². The van der Waals surface area contributed by atoms with Crippen LogP contribution in [0.25, 0.3) is 0 Å². The highest BCUT2D eigenvalue weighted by molar-refractivity contribution is 5.32. The zero-order valence-electron chi connectivity index (χ0n) is 13.1. The van der Waals surface area contributed by atoms with Crippen LogP contribution in [0.4, 0.5) is 0 Å². The van der Waals surface area contributed by atoms with Gasteiger partial charge in [0.05, 0.1) is 0 Å². The maximum Gasteiger partial charge on any atom is 0.0471 e. The van der Waals surface area contributed by atoms with Crippen molar-refractivity contribution in [2.45, 2.75) is 18.8 Å². The third-order valence-electron chi connectivity index (χ3n) is 4.71. The first-order valence-electron chi connectivity index (χ1n) is 8.30. The van der Waals surface area contributed by atoms with Crippen molar-refractivity contribution in [3.05, 3.63) is 71.8 Å². The van der Waals surface area contributed by atoms with Crippen LogP contribution < -0.4 is 0 Å². The fourth-order valence-electron chi connectivity index (χ4n) is 3.50. The van der Waals surface area contributed by atoms with Gasteiger partial charge in [0, 0.05) is 25.6 Å². The summed E-state index contributed by atoms with van der Waals surface area (Å²) in [6, 6.07) is 21.6. The van der Waals surface area contributed by atoms with Crippen molar-refractivity contribution in [1.29, 1.82) is 0 Å². The summed E-state index contributed by atoms with van der Waals surface area (Å²) in [6.07, 6.45) is 2.36. The van der Waals surface area contributed by atoms with Gasteiger partial charge in [-0.1, -0.05) is 60.7 Å². The van der Waals surface area contributed by atoms with Crippen LogP contribution in [-0.4, -0.2) is 36.2 Å². The van der Waals surface area contributed by atoms with E-state index in [1.54, 1.807) is 0 Å². The Morgan fingerprint density at radius 1 is 0.955 bits per heavy atom. The molecule has 0 amide bonds. The SMILES string of the molecule is OCC1CCCN(CC(c2ccccc2)c2ccccc2)C1. The molecule has 0 aliphatic carbocycles. The maximum absolute atomic E-state index is 9.45. The molecule has 0 saturated carbocycles. The van der Waals surface area contributed by atoms with E-state index in [2.05, 4.69) is 65.6 Å². The highest BCUT2D eigenvalue weighted by Crippen LogP contribution is 2.27. The summed E-state index contributed by atoms with van der Waals surface area (Å²) in [5, 5.41) is 9.45. The first-order valence-corrected chi connectivity index (χ1v) is 8.30. The molecule has 2 aromatic rings. The van der Waals surface area contributed by atoms with E-state index in [0.29, 0.717) is 18.4 Å². The molecule has 0 aromatic heterocycles. The van der Waals surface area contributed by atoms with E-state index in [0.717, 1.165) is 26.1 Å². The van der Waals surface area contributed by atoms with Crippen LogP contribution in [0.3, 0.4) is 0 Å². The standard InChI is InChI=1S/C20H25NO/c22-16-17-8-7-13-21(14-17)15-20(18-9-3-1-4-10-18)19-11-5-2-6-12-19/h1-6,9-12,17,20,22H,7-8,13-16H2. The van der Waals surface area contributed by atoms with Crippen molar-refractivity contribution in [2.75, 3.05) is 26.2 Å². The zero-order valence-corrected chi connectivity index (χ0v) is 13.1. The molecule has 22 heavy (non-hydrogen) atoms. The number of nitrogens with zero attached hydrogens (tertiary/aromatic N) is 1. The molecule has 2 aromatic carbocycles. The van der Waals surface area contributed by atoms with E-state index < -0.39 is 0 Å². The monoisotopic (exact) mass is 295 g/mol. The van der Waals surface area contributed by atoms with Gasteiger partial charge < -0.3 is 10.0 Å². The van der Waals surface area contributed by atoms with Crippen LogP contribution in [0.2, 0.25) is 0 Å². The Hall–Kier alpha value is -1.64. The minimum atomic E-state index is 0.317. The van der Waals surface area contributed by atoms with Crippen LogP contribution in [0, 0.1) is 5.92 Å². The van der Waals surface area contributed by atoms with Crippen molar-refractivity contribution in [1.82, 2.24) is 4.90 Å². The van der Waals surface area contributed by atoms with Gasteiger partial charge >= 0.3 is 0 Å². The van der Waals surface area contributed by atoms with Gasteiger partial charge in [-0.15, -0.1) is 0 Å². The minimum absolute atomic E-state index is 0.317. The second kappa shape index (κ2) is 7.57. The molecule has 1 saturated heterocycles. The van der Waals surface area contributed by atoms with Gasteiger partial charge in [0.1, 0.15) is 0 Å². The number of likely N-dealkylation sites (tertiary alicyclic amines) is 1. The van der Waals surface area contributed by atoms with Crippen LogP contribution >= 0.6 is 0 Å². The van der Waals surface area contributed by atoms with Gasteiger partial charge in [0.2, 0.25) is 0 Å². The molecular weight excluding hydrogens is 270 g/mol. The Labute approximate surface area is 133 Å². The van der Waals surface area contributed by atoms with Crippen LogP contribution in [0.5, 0.6) is 0 Å². The summed E-state index contributed by atoms with van der Waals surface area (Å²) in [7, 11) is 0. The molecule has 0 spiro atoms. The Bertz CT molecular complexity index is 515. The molecule has 1 unspecified atom stereocenters. The maximum atomic E-state index is 9.45. The predicted octanol–water partition coefficient (Wildman–Crippen LogP) is 3.52. The number of hydrogen-bond donors (Lipinski definition) is 1. The lowest BCUT2D eigenvalue weighted by molar-refractivity contribution is 0.118. The lowest BCUT2D eigenvalue weighted by Crippen LogP contribution is -2.39. The topological polar surface area (TPSA) is 23.5 Å². The smallest absolute Gasteiger partial charge is 0.0471 e. The van der Waals surface area contributed by atoms with Gasteiger partial charge in [-0.2, -0.15) is 0 Å². The second-order valence-corrected chi connectivity index (χ2v) is 6.32. The molecular formula is C20H25NO. The average Bonchev–Trinajstić information content (AvgIpc) is 2.61. The average molecular weight is 295 g/mol. The van der Waals surface area contributed by atoms with Crippen molar-refractivity contribution >= 4 is 0 Å². The minimum Gasteiger partial charge on any atom is -0.396 e. The highest BCUT2D eigenvalue weighted by atomic mass is 16.3. The molecule has 2 nitrogen and oxygen atoms in total. The molecule has 0 bridgehead atoms. The van der Waals surface area contributed by atoms with Crippen LogP contribution in [0.15, 0.2) is 60.7 Å². The largest absolute Gasteiger partial charge is 0.396 e.